The first-order chi connectivity index (χ1) is 6.18. The van der Waals surface area contributed by atoms with Crippen molar-refractivity contribution in [2.45, 2.75) is 6.92 Å². The van der Waals surface area contributed by atoms with Gasteiger partial charge >= 0.3 is 0 Å². The molecule has 0 aliphatic heterocycles. The summed E-state index contributed by atoms with van der Waals surface area (Å²) < 4.78 is 13.7. The number of fused-ring (bicyclic) bond motifs is 1. The van der Waals surface area contributed by atoms with E-state index >= 15 is 0 Å². The summed E-state index contributed by atoms with van der Waals surface area (Å²) in [6.07, 6.45) is 0. The highest BCUT2D eigenvalue weighted by molar-refractivity contribution is 7.16. The first-order valence-corrected chi connectivity index (χ1v) is 4.60. The molecule has 0 unspecified atom stereocenters. The molecular formula is C9H6FNOS. The second kappa shape index (κ2) is 2.88. The van der Waals surface area contributed by atoms with Gasteiger partial charge in [0.25, 0.3) is 0 Å². The zero-order valence-corrected chi connectivity index (χ0v) is 7.69. The van der Waals surface area contributed by atoms with Gasteiger partial charge in [-0.15, -0.1) is 11.3 Å². The van der Waals surface area contributed by atoms with Crippen LogP contribution >= 0.6 is 11.3 Å². The Hall–Kier alpha value is -1.29. The van der Waals surface area contributed by atoms with Gasteiger partial charge in [-0.1, -0.05) is 0 Å². The van der Waals surface area contributed by atoms with E-state index < -0.39 is 0 Å². The van der Waals surface area contributed by atoms with E-state index in [9.17, 15) is 9.18 Å². The molecule has 0 fully saturated rings. The molecule has 0 saturated carbocycles. The van der Waals surface area contributed by atoms with E-state index in [0.29, 0.717) is 15.8 Å². The SMILES string of the molecule is CC(=O)c1cc(F)cc2scnc12. The Labute approximate surface area is 78.0 Å². The molecule has 66 valence electrons. The summed E-state index contributed by atoms with van der Waals surface area (Å²) in [5.41, 5.74) is 2.56. The lowest BCUT2D eigenvalue weighted by molar-refractivity contribution is 0.101. The van der Waals surface area contributed by atoms with Crippen molar-refractivity contribution in [2.24, 2.45) is 0 Å². The number of hydrogen-bond acceptors (Lipinski definition) is 3. The summed E-state index contributed by atoms with van der Waals surface area (Å²) in [7, 11) is 0. The highest BCUT2D eigenvalue weighted by atomic mass is 32.1. The number of carbonyl (C=O) groups excluding carboxylic acids is 1. The van der Waals surface area contributed by atoms with Gasteiger partial charge in [0.05, 0.1) is 15.7 Å². The van der Waals surface area contributed by atoms with Gasteiger partial charge < -0.3 is 0 Å². The number of aromatic nitrogens is 1. The monoisotopic (exact) mass is 195 g/mol. The quantitative estimate of drug-likeness (QED) is 0.655. The van der Waals surface area contributed by atoms with E-state index in [1.54, 1.807) is 5.51 Å². The Morgan fingerprint density at radius 3 is 3.00 bits per heavy atom. The summed E-state index contributed by atoms with van der Waals surface area (Å²) in [5, 5.41) is 0. The standard InChI is InChI=1S/C9H6FNOS/c1-5(12)7-2-6(10)3-8-9(7)11-4-13-8/h2-4H,1H3. The van der Waals surface area contributed by atoms with E-state index in [1.807, 2.05) is 0 Å². The maximum atomic E-state index is 13.0. The van der Waals surface area contributed by atoms with Crippen LogP contribution in [0.1, 0.15) is 17.3 Å². The minimum absolute atomic E-state index is 0.157. The molecule has 2 aromatic rings. The zero-order valence-electron chi connectivity index (χ0n) is 6.87. The Morgan fingerprint density at radius 1 is 1.54 bits per heavy atom. The number of ketones is 1. The topological polar surface area (TPSA) is 30.0 Å². The molecule has 0 atom stereocenters. The lowest BCUT2D eigenvalue weighted by Crippen LogP contribution is -1.94. The molecule has 1 heterocycles. The molecule has 0 aliphatic carbocycles. The number of halogens is 1. The predicted octanol–water partition coefficient (Wildman–Crippen LogP) is 2.64. The van der Waals surface area contributed by atoms with Crippen molar-refractivity contribution in [2.75, 3.05) is 0 Å². The van der Waals surface area contributed by atoms with Crippen LogP contribution in [0.25, 0.3) is 10.2 Å². The van der Waals surface area contributed by atoms with Gasteiger partial charge in [0.15, 0.2) is 5.78 Å². The third kappa shape index (κ3) is 1.33. The Bertz CT molecular complexity index is 477. The van der Waals surface area contributed by atoms with E-state index in [-0.39, 0.29) is 11.6 Å². The average Bonchev–Trinajstić information content (AvgIpc) is 2.49. The second-order valence-corrected chi connectivity index (χ2v) is 3.59. The molecule has 2 rings (SSSR count). The van der Waals surface area contributed by atoms with Crippen LogP contribution < -0.4 is 0 Å². The van der Waals surface area contributed by atoms with Gasteiger partial charge in [0.2, 0.25) is 0 Å². The highest BCUT2D eigenvalue weighted by Gasteiger charge is 2.09. The number of thiazole rings is 1. The first-order valence-electron chi connectivity index (χ1n) is 3.72. The summed E-state index contributed by atoms with van der Waals surface area (Å²) in [4.78, 5) is 15.1. The maximum Gasteiger partial charge on any atom is 0.162 e. The summed E-state index contributed by atoms with van der Waals surface area (Å²) in [6, 6.07) is 2.61. The summed E-state index contributed by atoms with van der Waals surface area (Å²) >= 11 is 1.33. The molecule has 0 amide bonds. The van der Waals surface area contributed by atoms with Gasteiger partial charge in [-0.05, 0) is 19.1 Å². The van der Waals surface area contributed by atoms with Crippen molar-refractivity contribution in [1.82, 2.24) is 4.98 Å². The molecule has 0 bridgehead atoms. The minimum Gasteiger partial charge on any atom is -0.294 e. The van der Waals surface area contributed by atoms with Crippen LogP contribution in [0.5, 0.6) is 0 Å². The fourth-order valence-corrected chi connectivity index (χ4v) is 1.93. The Kier molecular flexibility index (Phi) is 1.84. The van der Waals surface area contributed by atoms with Gasteiger partial charge in [-0.3, -0.25) is 4.79 Å². The Balaban J connectivity index is 2.84. The van der Waals surface area contributed by atoms with Crippen molar-refractivity contribution < 1.29 is 9.18 Å². The Morgan fingerprint density at radius 2 is 2.31 bits per heavy atom. The third-order valence-electron chi connectivity index (χ3n) is 1.78. The van der Waals surface area contributed by atoms with E-state index in [0.717, 1.165) is 0 Å². The molecular weight excluding hydrogens is 189 g/mol. The maximum absolute atomic E-state index is 13.0. The van der Waals surface area contributed by atoms with Crippen LogP contribution in [0.4, 0.5) is 4.39 Å². The van der Waals surface area contributed by atoms with Crippen molar-refractivity contribution in [1.29, 1.82) is 0 Å². The summed E-state index contributed by atoms with van der Waals surface area (Å²) in [6.45, 7) is 1.41. The highest BCUT2D eigenvalue weighted by Crippen LogP contribution is 2.23. The number of nitrogens with zero attached hydrogens (tertiary/aromatic N) is 1. The van der Waals surface area contributed by atoms with Gasteiger partial charge in [0.1, 0.15) is 5.82 Å². The van der Waals surface area contributed by atoms with Crippen LogP contribution in [0.3, 0.4) is 0 Å². The molecule has 0 radical (unpaired) electrons. The minimum atomic E-state index is -0.387. The molecule has 0 aliphatic rings. The lowest BCUT2D eigenvalue weighted by atomic mass is 10.1. The van der Waals surface area contributed by atoms with Gasteiger partial charge in [0, 0.05) is 5.56 Å². The second-order valence-electron chi connectivity index (χ2n) is 2.71. The van der Waals surface area contributed by atoms with E-state index in [4.69, 9.17) is 0 Å². The van der Waals surface area contributed by atoms with Crippen LogP contribution in [0.15, 0.2) is 17.6 Å². The van der Waals surface area contributed by atoms with Crippen LogP contribution in [-0.2, 0) is 0 Å². The number of hydrogen-bond donors (Lipinski definition) is 0. The third-order valence-corrected chi connectivity index (χ3v) is 2.56. The molecule has 1 aromatic heterocycles. The van der Waals surface area contributed by atoms with Crippen LogP contribution in [0, 0.1) is 5.82 Å². The smallest absolute Gasteiger partial charge is 0.162 e. The number of carbonyl (C=O) groups is 1. The molecule has 0 saturated heterocycles. The molecule has 13 heavy (non-hydrogen) atoms. The molecule has 2 nitrogen and oxygen atoms in total. The van der Waals surface area contributed by atoms with E-state index in [1.165, 1.54) is 30.4 Å². The molecule has 0 N–H and O–H groups in total. The fourth-order valence-electron chi connectivity index (χ4n) is 1.20. The predicted molar refractivity (Wildman–Crippen MR) is 49.6 cm³/mol. The number of benzene rings is 1. The van der Waals surface area contributed by atoms with Gasteiger partial charge in [-0.2, -0.15) is 0 Å². The normalized spacial score (nSPS) is 10.6. The zero-order chi connectivity index (χ0) is 9.42. The van der Waals surface area contributed by atoms with Crippen molar-refractivity contribution >= 4 is 27.3 Å². The number of rotatable bonds is 1. The molecule has 0 spiro atoms. The molecule has 1 aromatic carbocycles. The van der Waals surface area contributed by atoms with Gasteiger partial charge in [-0.25, -0.2) is 9.37 Å². The number of Topliss-reactive ketones (excluding diaryl/α,β-unsaturated/α-hetero) is 1. The summed E-state index contributed by atoms with van der Waals surface area (Å²) in [5.74, 6) is -0.544. The van der Waals surface area contributed by atoms with Crippen molar-refractivity contribution in [3.05, 3.63) is 29.0 Å². The fraction of sp³-hybridized carbons (Fsp3) is 0.111. The average molecular weight is 195 g/mol. The van der Waals surface area contributed by atoms with Crippen molar-refractivity contribution in [3.8, 4) is 0 Å². The molecule has 4 heteroatoms. The lowest BCUT2D eigenvalue weighted by Gasteiger charge is -1.96. The van der Waals surface area contributed by atoms with Crippen LogP contribution in [-0.4, -0.2) is 10.8 Å². The van der Waals surface area contributed by atoms with E-state index in [2.05, 4.69) is 4.98 Å². The van der Waals surface area contributed by atoms with Crippen molar-refractivity contribution in [3.63, 3.8) is 0 Å². The largest absolute Gasteiger partial charge is 0.294 e. The van der Waals surface area contributed by atoms with Crippen LogP contribution in [0.2, 0.25) is 0 Å². The first kappa shape index (κ1) is 8.31.